The lowest BCUT2D eigenvalue weighted by Crippen LogP contribution is -2.37. The fourth-order valence-electron chi connectivity index (χ4n) is 2.43. The molecule has 1 heterocycles. The minimum atomic E-state index is -2.01. The number of hydrogen-bond donors (Lipinski definition) is 2. The number of nitrogens with two attached hydrogens (primary N) is 1. The van der Waals surface area contributed by atoms with Gasteiger partial charge in [-0.3, -0.25) is 4.99 Å². The summed E-state index contributed by atoms with van der Waals surface area (Å²) in [6, 6.07) is 2.71. The third-order valence-electron chi connectivity index (χ3n) is 3.79. The lowest BCUT2D eigenvalue weighted by atomic mass is 9.80. The molecule has 0 saturated heterocycles. The number of rotatable bonds is 6. The van der Waals surface area contributed by atoms with Crippen LogP contribution in [0.1, 0.15) is 24.1 Å². The molecule has 0 radical (unpaired) electrons. The fraction of sp³-hybridized carbons (Fsp3) is 0.250. The Balaban J connectivity index is 2.53. The summed E-state index contributed by atoms with van der Waals surface area (Å²) in [6.07, 6.45) is 4.09. The molecule has 1 aromatic carbocycles. The minimum Gasteiger partial charge on any atom is -0.390 e. The first-order valence-corrected chi connectivity index (χ1v) is 7.25. The van der Waals surface area contributed by atoms with E-state index in [2.05, 4.69) is 20.0 Å². The van der Waals surface area contributed by atoms with Crippen LogP contribution in [0.3, 0.4) is 0 Å². The molecule has 2 unspecified atom stereocenters. The summed E-state index contributed by atoms with van der Waals surface area (Å²) in [5.41, 5.74) is 2.71. The van der Waals surface area contributed by atoms with Crippen molar-refractivity contribution in [1.29, 1.82) is 0 Å². The van der Waals surface area contributed by atoms with Crippen LogP contribution in [-0.2, 0) is 5.60 Å². The summed E-state index contributed by atoms with van der Waals surface area (Å²) >= 11 is 0. The molecule has 2 rings (SSSR count). The molecule has 0 aliphatic carbocycles. The highest BCUT2D eigenvalue weighted by Crippen LogP contribution is 2.38. The van der Waals surface area contributed by atoms with Crippen molar-refractivity contribution in [3.63, 3.8) is 0 Å². The highest BCUT2D eigenvalue weighted by atomic mass is 19.1. The Kier molecular flexibility index (Phi) is 5.81. The summed E-state index contributed by atoms with van der Waals surface area (Å²) < 4.78 is 41.5. The molecule has 0 bridgehead atoms. The van der Waals surface area contributed by atoms with Gasteiger partial charge in [-0.1, -0.05) is 13.0 Å². The van der Waals surface area contributed by atoms with E-state index in [0.717, 1.165) is 37.3 Å². The zero-order valence-electron chi connectivity index (χ0n) is 13.3. The van der Waals surface area contributed by atoms with Crippen LogP contribution in [0.5, 0.6) is 0 Å². The summed E-state index contributed by atoms with van der Waals surface area (Å²) in [7, 11) is 0. The van der Waals surface area contributed by atoms with Gasteiger partial charge in [0, 0.05) is 17.5 Å². The van der Waals surface area contributed by atoms with Crippen molar-refractivity contribution >= 4 is 12.7 Å². The Labute approximate surface area is 142 Å². The van der Waals surface area contributed by atoms with Gasteiger partial charge < -0.3 is 10.8 Å². The van der Waals surface area contributed by atoms with Crippen molar-refractivity contribution in [2.24, 2.45) is 15.7 Å². The van der Waals surface area contributed by atoms with Crippen molar-refractivity contribution in [2.75, 3.05) is 6.54 Å². The summed E-state index contributed by atoms with van der Waals surface area (Å²) in [5.74, 6) is -3.57. The summed E-state index contributed by atoms with van der Waals surface area (Å²) in [5, 5.41) is 11.1. The lowest BCUT2D eigenvalue weighted by molar-refractivity contribution is 0.0163. The van der Waals surface area contributed by atoms with E-state index in [1.54, 1.807) is 0 Å². The molecule has 0 fully saturated rings. The molecule has 9 heteroatoms. The average Bonchev–Trinajstić information content (AvgIpc) is 2.58. The third kappa shape index (κ3) is 4.00. The van der Waals surface area contributed by atoms with Gasteiger partial charge in [0.05, 0.1) is 24.8 Å². The minimum absolute atomic E-state index is 0.126. The second-order valence-electron chi connectivity index (χ2n) is 5.28. The molecule has 3 N–H and O–H groups in total. The second kappa shape index (κ2) is 7.84. The van der Waals surface area contributed by atoms with E-state index in [1.165, 1.54) is 6.92 Å². The first-order chi connectivity index (χ1) is 11.9. The van der Waals surface area contributed by atoms with Crippen molar-refractivity contribution in [1.82, 2.24) is 9.97 Å². The zero-order chi connectivity index (χ0) is 18.4. The Morgan fingerprint density at radius 3 is 2.72 bits per heavy atom. The molecule has 6 nitrogen and oxygen atoms in total. The van der Waals surface area contributed by atoms with Crippen molar-refractivity contribution in [2.45, 2.75) is 18.4 Å². The van der Waals surface area contributed by atoms with Crippen LogP contribution in [0.4, 0.5) is 13.2 Å². The monoisotopic (exact) mass is 351 g/mol. The SMILES string of the molecule is CC(c1ncncc1F)C(O)(CN=CN=CN)c1ccc(F)cc1F. The number of benzene rings is 1. The van der Waals surface area contributed by atoms with E-state index >= 15 is 0 Å². The fourth-order valence-corrected chi connectivity index (χ4v) is 2.43. The predicted octanol–water partition coefficient (Wildman–Crippen LogP) is 1.90. The Morgan fingerprint density at radius 1 is 1.32 bits per heavy atom. The van der Waals surface area contributed by atoms with Gasteiger partial charge in [-0.05, 0) is 6.07 Å². The van der Waals surface area contributed by atoms with Crippen LogP contribution in [0.25, 0.3) is 0 Å². The zero-order valence-corrected chi connectivity index (χ0v) is 13.3. The first-order valence-electron chi connectivity index (χ1n) is 7.25. The van der Waals surface area contributed by atoms with Gasteiger partial charge in [-0.25, -0.2) is 28.1 Å². The number of aliphatic imine (C=N–C) groups is 2. The number of aromatic nitrogens is 2. The van der Waals surface area contributed by atoms with E-state index in [4.69, 9.17) is 5.73 Å². The Hall–Kier alpha value is -2.81. The van der Waals surface area contributed by atoms with Gasteiger partial charge in [0.15, 0.2) is 5.82 Å². The molecular formula is C16H16F3N5O. The van der Waals surface area contributed by atoms with Crippen LogP contribution in [-0.4, -0.2) is 34.3 Å². The molecule has 25 heavy (non-hydrogen) atoms. The smallest absolute Gasteiger partial charge is 0.163 e. The normalized spacial score (nSPS) is 15.6. The second-order valence-corrected chi connectivity index (χ2v) is 5.28. The molecule has 0 aliphatic heterocycles. The molecule has 0 spiro atoms. The molecular weight excluding hydrogens is 335 g/mol. The molecule has 132 valence electrons. The van der Waals surface area contributed by atoms with Crippen molar-refractivity contribution in [3.05, 3.63) is 59.4 Å². The highest BCUT2D eigenvalue weighted by Gasteiger charge is 2.40. The van der Waals surface area contributed by atoms with E-state index in [9.17, 15) is 18.3 Å². The van der Waals surface area contributed by atoms with E-state index in [0.29, 0.717) is 6.07 Å². The van der Waals surface area contributed by atoms with Crippen molar-refractivity contribution in [3.8, 4) is 0 Å². The van der Waals surface area contributed by atoms with Crippen LogP contribution >= 0.6 is 0 Å². The van der Waals surface area contributed by atoms with Gasteiger partial charge in [0.1, 0.15) is 29.9 Å². The van der Waals surface area contributed by atoms with Gasteiger partial charge in [0.25, 0.3) is 0 Å². The maximum absolute atomic E-state index is 14.3. The van der Waals surface area contributed by atoms with Crippen molar-refractivity contribution < 1.29 is 18.3 Å². The van der Waals surface area contributed by atoms with Gasteiger partial charge in [0.2, 0.25) is 0 Å². The number of halogens is 3. The van der Waals surface area contributed by atoms with Crippen LogP contribution in [0, 0.1) is 17.5 Å². The van der Waals surface area contributed by atoms with Gasteiger partial charge >= 0.3 is 0 Å². The Bertz CT molecular complexity index is 799. The molecule has 0 saturated carbocycles. The van der Waals surface area contributed by atoms with E-state index in [-0.39, 0.29) is 17.8 Å². The number of aliphatic hydroxyl groups is 1. The summed E-state index contributed by atoms with van der Waals surface area (Å²) in [6.45, 7) is 1.08. The molecule has 1 aromatic heterocycles. The first kappa shape index (κ1) is 18.5. The maximum atomic E-state index is 14.3. The molecule has 0 aliphatic rings. The van der Waals surface area contributed by atoms with Crippen LogP contribution in [0.15, 0.2) is 40.7 Å². The average molecular weight is 351 g/mol. The van der Waals surface area contributed by atoms with Gasteiger partial charge in [-0.15, -0.1) is 0 Å². The van der Waals surface area contributed by atoms with Crippen LogP contribution < -0.4 is 5.73 Å². The quantitative estimate of drug-likeness (QED) is 0.614. The largest absolute Gasteiger partial charge is 0.390 e. The topological polar surface area (TPSA) is 96.8 Å². The van der Waals surface area contributed by atoms with Crippen LogP contribution in [0.2, 0.25) is 0 Å². The van der Waals surface area contributed by atoms with Gasteiger partial charge in [-0.2, -0.15) is 0 Å². The standard InChI is InChI=1S/C16H16F3N5O/c1-10(15-14(19)5-21-9-24-15)16(25,6-22-8-23-7-20)12-3-2-11(17)4-13(12)18/h2-5,7-10,25H,6H2,1H3,(H2,20,22,23). The molecule has 2 aromatic rings. The lowest BCUT2D eigenvalue weighted by Gasteiger charge is -2.33. The summed E-state index contributed by atoms with van der Waals surface area (Å²) in [4.78, 5) is 14.8. The third-order valence-corrected chi connectivity index (χ3v) is 3.79. The molecule has 0 amide bonds. The molecule has 2 atom stereocenters. The predicted molar refractivity (Wildman–Crippen MR) is 86.7 cm³/mol. The highest BCUT2D eigenvalue weighted by molar-refractivity contribution is 5.69. The van der Waals surface area contributed by atoms with E-state index < -0.39 is 29.0 Å². The van der Waals surface area contributed by atoms with E-state index in [1.807, 2.05) is 0 Å². The number of hydrogen-bond acceptors (Lipinski definition) is 4. The maximum Gasteiger partial charge on any atom is 0.163 e. The Morgan fingerprint density at radius 2 is 2.08 bits per heavy atom. The number of nitrogens with zero attached hydrogens (tertiary/aromatic N) is 4.